The predicted octanol–water partition coefficient (Wildman–Crippen LogP) is 3.44. The molecule has 0 aliphatic heterocycles. The molecule has 0 amide bonds. The fourth-order valence-corrected chi connectivity index (χ4v) is 2.56. The number of hydrogen-bond donors (Lipinski definition) is 0. The zero-order valence-corrected chi connectivity index (χ0v) is 12.4. The third-order valence-electron chi connectivity index (χ3n) is 3.12. The highest BCUT2D eigenvalue weighted by molar-refractivity contribution is 7.98. The average Bonchev–Trinajstić information content (AvgIpc) is 2.43. The van der Waals surface area contributed by atoms with Crippen molar-refractivity contribution in [2.45, 2.75) is 24.7 Å². The minimum Gasteiger partial charge on any atom is -0.494 e. The van der Waals surface area contributed by atoms with Crippen LogP contribution in [0.1, 0.15) is 19.8 Å². The van der Waals surface area contributed by atoms with E-state index >= 15 is 0 Å². The van der Waals surface area contributed by atoms with Gasteiger partial charge < -0.3 is 9.30 Å². The molecule has 0 saturated carbocycles. The number of thioether (sulfide) groups is 1. The molecule has 3 nitrogen and oxygen atoms in total. The third-order valence-corrected chi connectivity index (χ3v) is 3.85. The van der Waals surface area contributed by atoms with E-state index in [1.54, 1.807) is 0 Å². The molecule has 2 rings (SSSR count). The third kappa shape index (κ3) is 2.95. The van der Waals surface area contributed by atoms with Crippen molar-refractivity contribution in [3.05, 3.63) is 34.6 Å². The van der Waals surface area contributed by atoms with E-state index in [1.165, 1.54) is 11.8 Å². The summed E-state index contributed by atoms with van der Waals surface area (Å²) in [7, 11) is 1.96. The quantitative estimate of drug-likeness (QED) is 0.619. The van der Waals surface area contributed by atoms with E-state index in [0.717, 1.165) is 41.0 Å². The SMILES string of the molecule is CCCCOc1ccc2c(=O)c(SC)cn(C)c2c1. The number of benzene rings is 1. The Bertz CT molecular complexity index is 634. The van der Waals surface area contributed by atoms with Crippen LogP contribution in [0, 0.1) is 0 Å². The summed E-state index contributed by atoms with van der Waals surface area (Å²) in [4.78, 5) is 13.0. The Labute approximate surface area is 117 Å². The van der Waals surface area contributed by atoms with E-state index in [9.17, 15) is 4.79 Å². The molecule has 0 radical (unpaired) electrons. The summed E-state index contributed by atoms with van der Waals surface area (Å²) in [6.45, 7) is 2.86. The normalized spacial score (nSPS) is 10.9. The van der Waals surface area contributed by atoms with Crippen LogP contribution in [0.5, 0.6) is 5.75 Å². The number of rotatable bonds is 5. The second-order valence-electron chi connectivity index (χ2n) is 4.52. The summed E-state index contributed by atoms with van der Waals surface area (Å²) < 4.78 is 7.67. The molecule has 1 aromatic carbocycles. The molecule has 2 aromatic rings. The Hall–Kier alpha value is -1.42. The maximum Gasteiger partial charge on any atom is 0.202 e. The van der Waals surface area contributed by atoms with Crippen LogP contribution >= 0.6 is 11.8 Å². The Morgan fingerprint density at radius 3 is 2.84 bits per heavy atom. The maximum atomic E-state index is 12.2. The molecule has 4 heteroatoms. The van der Waals surface area contributed by atoms with Gasteiger partial charge in [0, 0.05) is 24.7 Å². The van der Waals surface area contributed by atoms with E-state index in [2.05, 4.69) is 6.92 Å². The molecule has 0 aliphatic carbocycles. The summed E-state index contributed by atoms with van der Waals surface area (Å²) in [5.41, 5.74) is 1.01. The first-order chi connectivity index (χ1) is 9.17. The molecule has 0 atom stereocenters. The highest BCUT2D eigenvalue weighted by atomic mass is 32.2. The second-order valence-corrected chi connectivity index (χ2v) is 5.37. The Morgan fingerprint density at radius 1 is 1.37 bits per heavy atom. The van der Waals surface area contributed by atoms with E-state index in [-0.39, 0.29) is 5.43 Å². The first kappa shape index (κ1) is 14.0. The summed E-state index contributed by atoms with van der Waals surface area (Å²) in [6.07, 6.45) is 5.96. The van der Waals surface area contributed by atoms with Crippen molar-refractivity contribution in [1.82, 2.24) is 4.57 Å². The predicted molar refractivity (Wildman–Crippen MR) is 81.4 cm³/mol. The summed E-state index contributed by atoms with van der Waals surface area (Å²) >= 11 is 1.48. The zero-order chi connectivity index (χ0) is 13.8. The van der Waals surface area contributed by atoms with Crippen molar-refractivity contribution < 1.29 is 4.74 Å². The van der Waals surface area contributed by atoms with Crippen LogP contribution in [0.3, 0.4) is 0 Å². The zero-order valence-electron chi connectivity index (χ0n) is 11.6. The lowest BCUT2D eigenvalue weighted by Crippen LogP contribution is -2.09. The van der Waals surface area contributed by atoms with Crippen molar-refractivity contribution in [3.8, 4) is 5.75 Å². The number of unbranched alkanes of at least 4 members (excludes halogenated alkanes) is 1. The molecular formula is C15H19NO2S. The molecule has 0 spiro atoms. The number of aryl methyl sites for hydroxylation is 1. The molecular weight excluding hydrogens is 258 g/mol. The van der Waals surface area contributed by atoms with Crippen molar-refractivity contribution in [2.24, 2.45) is 7.05 Å². The lowest BCUT2D eigenvalue weighted by Gasteiger charge is -2.10. The van der Waals surface area contributed by atoms with Gasteiger partial charge in [-0.1, -0.05) is 13.3 Å². The smallest absolute Gasteiger partial charge is 0.202 e. The van der Waals surface area contributed by atoms with Crippen LogP contribution in [-0.4, -0.2) is 17.4 Å². The van der Waals surface area contributed by atoms with E-state index in [1.807, 2.05) is 42.3 Å². The van der Waals surface area contributed by atoms with E-state index < -0.39 is 0 Å². The van der Waals surface area contributed by atoms with Crippen LogP contribution in [0.15, 0.2) is 34.1 Å². The van der Waals surface area contributed by atoms with Gasteiger partial charge >= 0.3 is 0 Å². The molecule has 1 aromatic heterocycles. The van der Waals surface area contributed by atoms with Gasteiger partial charge in [-0.15, -0.1) is 11.8 Å². The van der Waals surface area contributed by atoms with Gasteiger partial charge in [0.2, 0.25) is 5.43 Å². The molecule has 0 unspecified atom stereocenters. The summed E-state index contributed by atoms with van der Waals surface area (Å²) in [6, 6.07) is 5.68. The van der Waals surface area contributed by atoms with Crippen molar-refractivity contribution in [3.63, 3.8) is 0 Å². The molecule has 0 N–H and O–H groups in total. The Balaban J connectivity index is 2.43. The largest absolute Gasteiger partial charge is 0.494 e. The van der Waals surface area contributed by atoms with Crippen LogP contribution in [-0.2, 0) is 7.05 Å². The van der Waals surface area contributed by atoms with Gasteiger partial charge in [-0.25, -0.2) is 0 Å². The molecule has 0 aliphatic rings. The topological polar surface area (TPSA) is 31.2 Å². The van der Waals surface area contributed by atoms with Crippen molar-refractivity contribution in [2.75, 3.05) is 12.9 Å². The highest BCUT2D eigenvalue weighted by Gasteiger charge is 2.07. The summed E-state index contributed by atoms with van der Waals surface area (Å²) in [5.74, 6) is 0.827. The Kier molecular flexibility index (Phi) is 4.53. The van der Waals surface area contributed by atoms with Crippen LogP contribution < -0.4 is 10.2 Å². The van der Waals surface area contributed by atoms with Gasteiger partial charge in [-0.3, -0.25) is 4.79 Å². The number of pyridine rings is 1. The van der Waals surface area contributed by atoms with Gasteiger partial charge in [-0.2, -0.15) is 0 Å². The fourth-order valence-electron chi connectivity index (χ4n) is 2.00. The molecule has 0 saturated heterocycles. The number of aromatic nitrogens is 1. The minimum atomic E-state index is 0.0979. The second kappa shape index (κ2) is 6.15. The summed E-state index contributed by atoms with van der Waals surface area (Å²) in [5, 5.41) is 0.747. The Morgan fingerprint density at radius 2 is 2.16 bits per heavy atom. The van der Waals surface area contributed by atoms with Crippen molar-refractivity contribution >= 4 is 22.7 Å². The van der Waals surface area contributed by atoms with Gasteiger partial charge in [0.05, 0.1) is 17.0 Å². The first-order valence-corrected chi connectivity index (χ1v) is 7.70. The maximum absolute atomic E-state index is 12.2. The number of nitrogens with zero attached hydrogens (tertiary/aromatic N) is 1. The monoisotopic (exact) mass is 277 g/mol. The van der Waals surface area contributed by atoms with Gasteiger partial charge in [-0.05, 0) is 24.8 Å². The number of hydrogen-bond acceptors (Lipinski definition) is 3. The highest BCUT2D eigenvalue weighted by Crippen LogP contribution is 2.21. The van der Waals surface area contributed by atoms with Crippen LogP contribution in [0.2, 0.25) is 0 Å². The van der Waals surface area contributed by atoms with Gasteiger partial charge in [0.25, 0.3) is 0 Å². The lowest BCUT2D eigenvalue weighted by atomic mass is 10.2. The molecule has 19 heavy (non-hydrogen) atoms. The number of ether oxygens (including phenoxy) is 1. The van der Waals surface area contributed by atoms with Crippen molar-refractivity contribution in [1.29, 1.82) is 0 Å². The van der Waals surface area contributed by atoms with Gasteiger partial charge in [0.1, 0.15) is 5.75 Å². The molecule has 102 valence electrons. The lowest BCUT2D eigenvalue weighted by molar-refractivity contribution is 0.309. The minimum absolute atomic E-state index is 0.0979. The van der Waals surface area contributed by atoms with E-state index in [0.29, 0.717) is 0 Å². The first-order valence-electron chi connectivity index (χ1n) is 6.47. The van der Waals surface area contributed by atoms with Crippen LogP contribution in [0.25, 0.3) is 10.9 Å². The number of fused-ring (bicyclic) bond motifs is 1. The molecule has 0 fully saturated rings. The fraction of sp³-hybridized carbons (Fsp3) is 0.400. The van der Waals surface area contributed by atoms with E-state index in [4.69, 9.17) is 4.74 Å². The van der Waals surface area contributed by atoms with Crippen LogP contribution in [0.4, 0.5) is 0 Å². The average molecular weight is 277 g/mol. The molecule has 0 bridgehead atoms. The van der Waals surface area contributed by atoms with Gasteiger partial charge in [0.15, 0.2) is 0 Å². The molecule has 1 heterocycles. The standard InChI is InChI=1S/C15H19NO2S/c1-4-5-8-18-11-6-7-12-13(9-11)16(2)10-14(19-3)15(12)17/h6-7,9-10H,4-5,8H2,1-3H3.